The number of fused-ring (bicyclic) bond motifs is 1. The van der Waals surface area contributed by atoms with Crippen molar-refractivity contribution in [2.75, 3.05) is 0 Å². The maximum absolute atomic E-state index is 6.12. The second kappa shape index (κ2) is 2.60. The summed E-state index contributed by atoms with van der Waals surface area (Å²) in [7, 11) is 6.12. The fourth-order valence-corrected chi connectivity index (χ4v) is 5.71. The number of benzene rings is 1. The van der Waals surface area contributed by atoms with E-state index in [1.807, 2.05) is 0 Å². The molecule has 0 aromatic heterocycles. The Morgan fingerprint density at radius 2 is 1.60 bits per heavy atom. The fourth-order valence-electron chi connectivity index (χ4n) is 1.29. The molecule has 0 aliphatic carbocycles. The summed E-state index contributed by atoms with van der Waals surface area (Å²) < 4.78 is 0. The van der Waals surface area contributed by atoms with Gasteiger partial charge in [0.05, 0.1) is 0 Å². The zero-order valence-corrected chi connectivity index (χ0v) is 8.18. The first-order valence-electron chi connectivity index (χ1n) is 3.34. The number of hydrogen-bond acceptors (Lipinski definition) is 0. The molecule has 0 bridgehead atoms. The van der Waals surface area contributed by atoms with Crippen LogP contribution in [0.5, 0.6) is 0 Å². The Morgan fingerprint density at radius 3 is 2.10 bits per heavy atom. The van der Waals surface area contributed by atoms with Gasteiger partial charge < -0.3 is 0 Å². The molecule has 1 aliphatic heterocycles. The average molecular weight is 215 g/mol. The molecule has 2 rings (SSSR count). The first kappa shape index (κ1) is 6.76. The molecule has 0 radical (unpaired) electrons. The summed E-state index contributed by atoms with van der Waals surface area (Å²) >= 11 is -0.925. The molecule has 0 unspecified atom stereocenters. The molecule has 52 valence electrons. The molecule has 0 saturated heterocycles. The molecular weight excluding hydrogens is 206 g/mol. The van der Waals surface area contributed by atoms with E-state index in [9.17, 15) is 0 Å². The van der Waals surface area contributed by atoms with Crippen molar-refractivity contribution in [2.24, 2.45) is 0 Å². The van der Waals surface area contributed by atoms with E-state index in [-0.39, 0.29) is 0 Å². The molecule has 0 spiro atoms. The van der Waals surface area contributed by atoms with Crippen molar-refractivity contribution < 1.29 is 0 Å². The van der Waals surface area contributed by atoms with Gasteiger partial charge in [0.25, 0.3) is 0 Å². The SMILES string of the molecule is Cl[As]1Cc2ccccc2C1. The Labute approximate surface area is 69.6 Å². The minimum atomic E-state index is -0.925. The quantitative estimate of drug-likeness (QED) is 0.580. The van der Waals surface area contributed by atoms with Crippen LogP contribution in [-0.2, 0) is 10.4 Å². The van der Waals surface area contributed by atoms with E-state index < -0.39 is 13.7 Å². The third kappa shape index (κ3) is 1.11. The molecule has 0 atom stereocenters. The van der Waals surface area contributed by atoms with E-state index in [1.54, 1.807) is 0 Å². The van der Waals surface area contributed by atoms with Gasteiger partial charge in [-0.3, -0.25) is 0 Å². The third-order valence-corrected chi connectivity index (χ3v) is 5.91. The van der Waals surface area contributed by atoms with Gasteiger partial charge in [0.15, 0.2) is 0 Å². The van der Waals surface area contributed by atoms with Crippen molar-refractivity contribution >= 4 is 23.7 Å². The van der Waals surface area contributed by atoms with Crippen molar-refractivity contribution in [1.82, 2.24) is 0 Å². The first-order chi connectivity index (χ1) is 4.86. The molecule has 0 saturated carbocycles. The molecule has 0 fully saturated rings. The first-order valence-corrected chi connectivity index (χ1v) is 8.46. The van der Waals surface area contributed by atoms with Crippen LogP contribution >= 0.6 is 9.95 Å². The van der Waals surface area contributed by atoms with Gasteiger partial charge in [0.1, 0.15) is 0 Å². The fraction of sp³-hybridized carbons (Fsp3) is 0.250. The Hall–Kier alpha value is 0.0684. The Kier molecular flexibility index (Phi) is 1.76. The maximum atomic E-state index is 6.12. The molecule has 0 amide bonds. The predicted molar refractivity (Wildman–Crippen MR) is 45.5 cm³/mol. The molecule has 0 nitrogen and oxygen atoms in total. The van der Waals surface area contributed by atoms with Gasteiger partial charge in [-0.05, 0) is 0 Å². The van der Waals surface area contributed by atoms with Gasteiger partial charge >= 0.3 is 69.5 Å². The summed E-state index contributed by atoms with van der Waals surface area (Å²) in [5, 5.41) is 2.40. The molecular formula is C8H8AsCl. The van der Waals surface area contributed by atoms with Crippen LogP contribution in [0.1, 0.15) is 11.1 Å². The van der Waals surface area contributed by atoms with Gasteiger partial charge in [0.2, 0.25) is 0 Å². The molecule has 1 heterocycles. The Bertz CT molecular complexity index is 222. The van der Waals surface area contributed by atoms with Crippen molar-refractivity contribution in [2.45, 2.75) is 10.4 Å². The van der Waals surface area contributed by atoms with Crippen molar-refractivity contribution in [1.29, 1.82) is 0 Å². The van der Waals surface area contributed by atoms with Crippen molar-refractivity contribution in [3.63, 3.8) is 0 Å². The van der Waals surface area contributed by atoms with E-state index in [2.05, 4.69) is 24.3 Å². The van der Waals surface area contributed by atoms with E-state index in [0.717, 1.165) is 0 Å². The number of hydrogen-bond donors (Lipinski definition) is 0. The van der Waals surface area contributed by atoms with Gasteiger partial charge in [-0.1, -0.05) is 0 Å². The Balaban J connectivity index is 2.42. The second-order valence-corrected chi connectivity index (χ2v) is 8.30. The van der Waals surface area contributed by atoms with Crippen LogP contribution < -0.4 is 0 Å². The molecule has 0 N–H and O–H groups in total. The molecule has 1 aromatic rings. The summed E-state index contributed by atoms with van der Waals surface area (Å²) in [6.45, 7) is 0. The molecule has 2 heteroatoms. The zero-order chi connectivity index (χ0) is 6.97. The standard InChI is InChI=1S/C8H8AsCl/c10-9-5-7-3-1-2-4-8(7)6-9/h1-4H,5-6H2. The topological polar surface area (TPSA) is 0 Å². The van der Waals surface area contributed by atoms with E-state index in [4.69, 9.17) is 9.95 Å². The van der Waals surface area contributed by atoms with Gasteiger partial charge in [0, 0.05) is 0 Å². The Morgan fingerprint density at radius 1 is 1.10 bits per heavy atom. The van der Waals surface area contributed by atoms with E-state index >= 15 is 0 Å². The van der Waals surface area contributed by atoms with Crippen LogP contribution in [0.2, 0.25) is 0 Å². The van der Waals surface area contributed by atoms with Crippen LogP contribution in [0.15, 0.2) is 24.3 Å². The van der Waals surface area contributed by atoms with Crippen LogP contribution in [0.25, 0.3) is 0 Å². The predicted octanol–water partition coefficient (Wildman–Crippen LogP) is 2.09. The monoisotopic (exact) mass is 214 g/mol. The number of rotatable bonds is 0. The zero-order valence-electron chi connectivity index (χ0n) is 5.55. The summed E-state index contributed by atoms with van der Waals surface area (Å²) in [5.74, 6) is 0. The minimum absolute atomic E-state index is 0.925. The molecule has 10 heavy (non-hydrogen) atoms. The van der Waals surface area contributed by atoms with E-state index in [1.165, 1.54) is 21.5 Å². The van der Waals surface area contributed by atoms with Gasteiger partial charge in [-0.25, -0.2) is 0 Å². The van der Waals surface area contributed by atoms with E-state index in [0.29, 0.717) is 0 Å². The van der Waals surface area contributed by atoms with Crippen LogP contribution in [0, 0.1) is 0 Å². The van der Waals surface area contributed by atoms with Gasteiger partial charge in [-0.15, -0.1) is 0 Å². The summed E-state index contributed by atoms with van der Waals surface area (Å²) in [5.41, 5.74) is 3.00. The summed E-state index contributed by atoms with van der Waals surface area (Å²) in [6.07, 6.45) is 0. The van der Waals surface area contributed by atoms with Crippen LogP contribution in [0.4, 0.5) is 0 Å². The summed E-state index contributed by atoms with van der Waals surface area (Å²) in [4.78, 5) is 0. The van der Waals surface area contributed by atoms with Crippen molar-refractivity contribution in [3.05, 3.63) is 35.4 Å². The summed E-state index contributed by atoms with van der Waals surface area (Å²) in [6, 6.07) is 8.60. The third-order valence-electron chi connectivity index (χ3n) is 1.80. The van der Waals surface area contributed by atoms with Gasteiger partial charge in [-0.2, -0.15) is 0 Å². The van der Waals surface area contributed by atoms with Crippen LogP contribution in [0.3, 0.4) is 0 Å². The van der Waals surface area contributed by atoms with Crippen LogP contribution in [-0.4, -0.2) is 13.7 Å². The second-order valence-electron chi connectivity index (χ2n) is 2.55. The average Bonchev–Trinajstić information content (AvgIpc) is 2.27. The van der Waals surface area contributed by atoms with Crippen molar-refractivity contribution in [3.8, 4) is 0 Å². The molecule has 1 aromatic carbocycles. The molecule has 1 aliphatic rings. The number of halogens is 1. The normalized spacial score (nSPS) is 17.3.